The van der Waals surface area contributed by atoms with Crippen LogP contribution in [0, 0.1) is 18.6 Å². The van der Waals surface area contributed by atoms with Crippen LogP contribution in [0.2, 0.25) is 0 Å². The van der Waals surface area contributed by atoms with Crippen molar-refractivity contribution in [3.63, 3.8) is 0 Å². The van der Waals surface area contributed by atoms with E-state index in [9.17, 15) is 13.6 Å². The van der Waals surface area contributed by atoms with E-state index in [2.05, 4.69) is 32.1 Å². The molecule has 1 amide bonds. The molecule has 1 N–H and O–H groups in total. The Bertz CT molecular complexity index is 1110. The minimum atomic E-state index is -0.933. The number of thiazole rings is 1. The molecule has 0 spiro atoms. The molecular formula is C21H19F2N5OS. The van der Waals surface area contributed by atoms with Gasteiger partial charge in [0.05, 0.1) is 23.8 Å². The molecule has 0 unspecified atom stereocenters. The lowest BCUT2D eigenvalue weighted by Crippen LogP contribution is -2.31. The lowest BCUT2D eigenvalue weighted by atomic mass is 9.99. The Labute approximate surface area is 176 Å². The first kappa shape index (κ1) is 20.1. The summed E-state index contributed by atoms with van der Waals surface area (Å²) >= 11 is 1.61. The van der Waals surface area contributed by atoms with Crippen molar-refractivity contribution in [1.82, 2.24) is 15.0 Å². The van der Waals surface area contributed by atoms with Gasteiger partial charge in [0.1, 0.15) is 17.2 Å². The predicted octanol–water partition coefficient (Wildman–Crippen LogP) is 4.46. The van der Waals surface area contributed by atoms with Crippen molar-refractivity contribution in [2.45, 2.75) is 20.3 Å². The maximum Gasteiger partial charge on any atom is 0.262 e. The first-order chi connectivity index (χ1) is 14.4. The van der Waals surface area contributed by atoms with Crippen LogP contribution in [0.3, 0.4) is 0 Å². The third-order valence-electron chi connectivity index (χ3n) is 4.89. The summed E-state index contributed by atoms with van der Waals surface area (Å²) < 4.78 is 27.6. The number of nitrogens with one attached hydrogen (secondary N) is 1. The van der Waals surface area contributed by atoms with Crippen molar-refractivity contribution in [2.24, 2.45) is 0 Å². The average molecular weight is 427 g/mol. The van der Waals surface area contributed by atoms with Gasteiger partial charge in [-0.3, -0.25) is 9.78 Å². The summed E-state index contributed by atoms with van der Waals surface area (Å²) in [4.78, 5) is 27.6. The van der Waals surface area contributed by atoms with Crippen LogP contribution in [0.4, 0.5) is 19.7 Å². The molecule has 0 radical (unpaired) electrons. The minimum absolute atomic E-state index is 0.118. The number of aryl methyl sites for hydroxylation is 1. The topological polar surface area (TPSA) is 71.0 Å². The highest BCUT2D eigenvalue weighted by Gasteiger charge is 2.22. The van der Waals surface area contributed by atoms with Crippen LogP contribution in [0.1, 0.15) is 35.1 Å². The van der Waals surface area contributed by atoms with Crippen LogP contribution in [-0.4, -0.2) is 33.9 Å². The quantitative estimate of drug-likeness (QED) is 0.666. The highest BCUT2D eigenvalue weighted by Crippen LogP contribution is 2.30. The second-order valence-electron chi connectivity index (χ2n) is 7.04. The smallest absolute Gasteiger partial charge is 0.262 e. The van der Waals surface area contributed by atoms with Gasteiger partial charge >= 0.3 is 0 Å². The number of hydrogen-bond donors (Lipinski definition) is 1. The van der Waals surface area contributed by atoms with E-state index in [0.717, 1.165) is 41.5 Å². The van der Waals surface area contributed by atoms with Gasteiger partial charge in [-0.15, -0.1) is 11.3 Å². The Morgan fingerprint density at radius 3 is 2.57 bits per heavy atom. The van der Waals surface area contributed by atoms with Gasteiger partial charge in [-0.25, -0.2) is 18.7 Å². The molecule has 9 heteroatoms. The predicted molar refractivity (Wildman–Crippen MR) is 113 cm³/mol. The summed E-state index contributed by atoms with van der Waals surface area (Å²) in [5.41, 5.74) is 3.32. The standard InChI is InChI=1S/C21H19F2N5OS/c1-12-6-7-28(21-26-13(2)11-30-21)10-14(12)17-8-25-18(9-24-17)27-20(29)19-15(22)4-3-5-16(19)23/h3-5,8-9,11H,6-7,10H2,1-2H3,(H,25,27,29). The normalized spacial score (nSPS) is 14.2. The van der Waals surface area contributed by atoms with Crippen LogP contribution >= 0.6 is 11.3 Å². The van der Waals surface area contributed by atoms with Gasteiger partial charge in [0.25, 0.3) is 5.91 Å². The maximum atomic E-state index is 13.8. The zero-order valence-electron chi connectivity index (χ0n) is 16.4. The van der Waals surface area contributed by atoms with Gasteiger partial charge in [0, 0.05) is 18.5 Å². The number of benzene rings is 1. The van der Waals surface area contributed by atoms with E-state index in [0.29, 0.717) is 12.2 Å². The van der Waals surface area contributed by atoms with E-state index in [4.69, 9.17) is 0 Å². The second-order valence-corrected chi connectivity index (χ2v) is 7.88. The molecule has 154 valence electrons. The average Bonchev–Trinajstić information content (AvgIpc) is 3.15. The third kappa shape index (κ3) is 4.06. The van der Waals surface area contributed by atoms with Crippen LogP contribution < -0.4 is 10.2 Å². The van der Waals surface area contributed by atoms with E-state index in [1.807, 2.05) is 12.3 Å². The number of amides is 1. The molecule has 0 atom stereocenters. The molecule has 0 aliphatic carbocycles. The zero-order valence-corrected chi connectivity index (χ0v) is 17.3. The molecule has 6 nitrogen and oxygen atoms in total. The van der Waals surface area contributed by atoms with Gasteiger partial charge in [-0.05, 0) is 38.0 Å². The minimum Gasteiger partial charge on any atom is -0.343 e. The van der Waals surface area contributed by atoms with Crippen LogP contribution in [-0.2, 0) is 0 Å². The van der Waals surface area contributed by atoms with Gasteiger partial charge < -0.3 is 10.2 Å². The van der Waals surface area contributed by atoms with E-state index >= 15 is 0 Å². The number of anilines is 2. The molecule has 3 aromatic rings. The lowest BCUT2D eigenvalue weighted by Gasteiger charge is -2.29. The molecule has 0 saturated heterocycles. The van der Waals surface area contributed by atoms with Crippen molar-refractivity contribution < 1.29 is 13.6 Å². The van der Waals surface area contributed by atoms with Crippen molar-refractivity contribution in [2.75, 3.05) is 23.3 Å². The van der Waals surface area contributed by atoms with E-state index < -0.39 is 23.1 Å². The molecule has 0 saturated carbocycles. The summed E-state index contributed by atoms with van der Waals surface area (Å²) in [6, 6.07) is 3.26. The van der Waals surface area contributed by atoms with Crippen LogP contribution in [0.5, 0.6) is 0 Å². The largest absolute Gasteiger partial charge is 0.343 e. The highest BCUT2D eigenvalue weighted by atomic mass is 32.1. The summed E-state index contributed by atoms with van der Waals surface area (Å²) in [5, 5.41) is 5.39. The fourth-order valence-corrected chi connectivity index (χ4v) is 4.08. The van der Waals surface area contributed by atoms with E-state index in [1.54, 1.807) is 17.5 Å². The number of rotatable bonds is 4. The molecule has 1 aliphatic rings. The Kier molecular flexibility index (Phi) is 5.54. The summed E-state index contributed by atoms with van der Waals surface area (Å²) in [6.07, 6.45) is 3.84. The number of carbonyl (C=O) groups excluding carboxylic acids is 1. The number of carbonyl (C=O) groups is 1. The van der Waals surface area contributed by atoms with E-state index in [1.165, 1.54) is 17.8 Å². The molecule has 30 heavy (non-hydrogen) atoms. The van der Waals surface area contributed by atoms with Crippen LogP contribution in [0.15, 0.2) is 41.5 Å². The fourth-order valence-electron chi connectivity index (χ4n) is 3.25. The third-order valence-corrected chi connectivity index (χ3v) is 5.91. The van der Waals surface area contributed by atoms with Gasteiger partial charge in [-0.2, -0.15) is 0 Å². The van der Waals surface area contributed by atoms with Gasteiger partial charge in [0.15, 0.2) is 10.9 Å². The summed E-state index contributed by atoms with van der Waals surface area (Å²) in [6.45, 7) is 5.59. The highest BCUT2D eigenvalue weighted by molar-refractivity contribution is 7.13. The maximum absolute atomic E-state index is 13.8. The van der Waals surface area contributed by atoms with E-state index in [-0.39, 0.29) is 5.82 Å². The Morgan fingerprint density at radius 2 is 1.93 bits per heavy atom. The summed E-state index contributed by atoms with van der Waals surface area (Å²) in [5.74, 6) is -2.66. The number of aromatic nitrogens is 3. The van der Waals surface area contributed by atoms with Crippen LogP contribution in [0.25, 0.3) is 5.57 Å². The van der Waals surface area contributed by atoms with Gasteiger partial charge in [0.2, 0.25) is 0 Å². The lowest BCUT2D eigenvalue weighted by molar-refractivity contribution is 0.101. The molecule has 4 rings (SSSR count). The first-order valence-corrected chi connectivity index (χ1v) is 10.2. The Morgan fingerprint density at radius 1 is 1.17 bits per heavy atom. The molecule has 1 aromatic carbocycles. The molecule has 2 aromatic heterocycles. The Hall–Kier alpha value is -3.20. The number of halogens is 2. The fraction of sp³-hybridized carbons (Fsp3) is 0.238. The molecular weight excluding hydrogens is 408 g/mol. The number of hydrogen-bond acceptors (Lipinski definition) is 6. The van der Waals surface area contributed by atoms with Crippen molar-refractivity contribution in [3.05, 3.63) is 70.1 Å². The SMILES string of the molecule is CC1=C(c2cnc(NC(=O)c3c(F)cccc3F)cn2)CN(c2nc(C)cs2)CC1. The molecule has 3 heterocycles. The first-order valence-electron chi connectivity index (χ1n) is 9.36. The molecule has 1 aliphatic heterocycles. The monoisotopic (exact) mass is 427 g/mol. The summed E-state index contributed by atoms with van der Waals surface area (Å²) in [7, 11) is 0. The van der Waals surface area contributed by atoms with Crippen molar-refractivity contribution >= 4 is 33.8 Å². The van der Waals surface area contributed by atoms with Crippen molar-refractivity contribution in [3.8, 4) is 0 Å². The van der Waals surface area contributed by atoms with Gasteiger partial charge in [-0.1, -0.05) is 11.6 Å². The zero-order chi connectivity index (χ0) is 21.3. The molecule has 0 bridgehead atoms. The number of nitrogens with zero attached hydrogens (tertiary/aromatic N) is 4. The Balaban J connectivity index is 1.51. The molecule has 0 fully saturated rings. The van der Waals surface area contributed by atoms with Crippen molar-refractivity contribution in [1.29, 1.82) is 0 Å². The second kappa shape index (κ2) is 8.27.